The highest BCUT2D eigenvalue weighted by Gasteiger charge is 2.24. The fourth-order valence-electron chi connectivity index (χ4n) is 2.91. The van der Waals surface area contributed by atoms with Crippen molar-refractivity contribution in [3.8, 4) is 0 Å². The van der Waals surface area contributed by atoms with Crippen molar-refractivity contribution >= 4 is 5.96 Å². The number of likely N-dealkylation sites (tertiary alicyclic amines) is 1. The highest BCUT2D eigenvalue weighted by Crippen LogP contribution is 2.16. The Morgan fingerprint density at radius 2 is 2.33 bits per heavy atom. The van der Waals surface area contributed by atoms with Gasteiger partial charge in [0.1, 0.15) is 12.2 Å². The van der Waals surface area contributed by atoms with Crippen LogP contribution in [-0.2, 0) is 22.4 Å². The Bertz CT molecular complexity index is 505. The second-order valence-electron chi connectivity index (χ2n) is 5.94. The van der Waals surface area contributed by atoms with Crippen LogP contribution in [0.4, 0.5) is 0 Å². The molecule has 2 rings (SSSR count). The third kappa shape index (κ3) is 5.45. The molecule has 0 saturated carbocycles. The summed E-state index contributed by atoms with van der Waals surface area (Å²) in [6, 6.07) is 0. The number of aromatic nitrogens is 3. The van der Waals surface area contributed by atoms with Crippen molar-refractivity contribution in [1.82, 2.24) is 25.0 Å². The summed E-state index contributed by atoms with van der Waals surface area (Å²) < 4.78 is 12.7. The van der Waals surface area contributed by atoms with Gasteiger partial charge in [-0.25, -0.2) is 0 Å². The van der Waals surface area contributed by atoms with E-state index in [0.29, 0.717) is 19.1 Å². The lowest BCUT2D eigenvalue weighted by Crippen LogP contribution is -2.41. The molecule has 0 spiro atoms. The third-order valence-electron chi connectivity index (χ3n) is 4.23. The standard InChI is InChI=1S/C16H30N6O2/c1-4-15-20-19-13-22(15)8-6-18-16(17-2)21-7-5-14(11-21)12-24-10-9-23-3/h13-14H,4-12H2,1-3H3,(H,17,18). The van der Waals surface area contributed by atoms with Crippen LogP contribution in [0.15, 0.2) is 11.3 Å². The minimum absolute atomic E-state index is 0.560. The number of guanidine groups is 1. The Hall–Kier alpha value is -1.67. The van der Waals surface area contributed by atoms with E-state index in [4.69, 9.17) is 9.47 Å². The summed E-state index contributed by atoms with van der Waals surface area (Å²) in [5, 5.41) is 11.5. The largest absolute Gasteiger partial charge is 0.382 e. The molecule has 1 aromatic rings. The molecule has 8 nitrogen and oxygen atoms in total. The predicted molar refractivity (Wildman–Crippen MR) is 93.1 cm³/mol. The number of hydrogen-bond donors (Lipinski definition) is 1. The average Bonchev–Trinajstić information content (AvgIpc) is 3.24. The van der Waals surface area contributed by atoms with Crippen molar-refractivity contribution in [2.24, 2.45) is 10.9 Å². The van der Waals surface area contributed by atoms with Crippen molar-refractivity contribution in [1.29, 1.82) is 0 Å². The smallest absolute Gasteiger partial charge is 0.193 e. The summed E-state index contributed by atoms with van der Waals surface area (Å²) >= 11 is 0. The average molecular weight is 338 g/mol. The minimum atomic E-state index is 0.560. The van der Waals surface area contributed by atoms with Crippen LogP contribution in [0, 0.1) is 5.92 Å². The Morgan fingerprint density at radius 3 is 3.08 bits per heavy atom. The van der Waals surface area contributed by atoms with Gasteiger partial charge in [0, 0.05) is 52.7 Å². The van der Waals surface area contributed by atoms with Gasteiger partial charge in [0.05, 0.1) is 19.8 Å². The Kier molecular flexibility index (Phi) is 7.97. The van der Waals surface area contributed by atoms with Crippen LogP contribution < -0.4 is 5.32 Å². The van der Waals surface area contributed by atoms with Crippen molar-refractivity contribution in [3.63, 3.8) is 0 Å². The van der Waals surface area contributed by atoms with Crippen LogP contribution in [-0.4, -0.2) is 79.2 Å². The Morgan fingerprint density at radius 1 is 1.46 bits per heavy atom. The normalized spacial score (nSPS) is 18.4. The van der Waals surface area contributed by atoms with Gasteiger partial charge in [0.15, 0.2) is 5.96 Å². The van der Waals surface area contributed by atoms with E-state index in [0.717, 1.165) is 57.4 Å². The summed E-state index contributed by atoms with van der Waals surface area (Å²) in [5.74, 6) is 2.53. The van der Waals surface area contributed by atoms with Crippen LogP contribution >= 0.6 is 0 Å². The lowest BCUT2D eigenvalue weighted by Gasteiger charge is -2.22. The van der Waals surface area contributed by atoms with Gasteiger partial charge in [0.2, 0.25) is 0 Å². The van der Waals surface area contributed by atoms with E-state index in [2.05, 4.69) is 36.9 Å². The van der Waals surface area contributed by atoms with Gasteiger partial charge in [-0.1, -0.05) is 6.92 Å². The quantitative estimate of drug-likeness (QED) is 0.399. The van der Waals surface area contributed by atoms with E-state index in [-0.39, 0.29) is 0 Å². The molecule has 0 amide bonds. The summed E-state index contributed by atoms with van der Waals surface area (Å²) in [7, 11) is 3.53. The molecule has 0 radical (unpaired) electrons. The summed E-state index contributed by atoms with van der Waals surface area (Å²) in [6.07, 6.45) is 3.82. The molecular formula is C16H30N6O2. The van der Waals surface area contributed by atoms with Gasteiger partial charge in [-0.3, -0.25) is 4.99 Å². The van der Waals surface area contributed by atoms with E-state index < -0.39 is 0 Å². The molecule has 24 heavy (non-hydrogen) atoms. The molecule has 1 saturated heterocycles. The van der Waals surface area contributed by atoms with Gasteiger partial charge >= 0.3 is 0 Å². The minimum Gasteiger partial charge on any atom is -0.382 e. The van der Waals surface area contributed by atoms with E-state index in [1.54, 1.807) is 13.4 Å². The van der Waals surface area contributed by atoms with Gasteiger partial charge in [-0.2, -0.15) is 0 Å². The zero-order valence-corrected chi connectivity index (χ0v) is 15.1. The number of ether oxygens (including phenoxy) is 2. The fourth-order valence-corrected chi connectivity index (χ4v) is 2.91. The van der Waals surface area contributed by atoms with E-state index in [9.17, 15) is 0 Å². The van der Waals surface area contributed by atoms with Gasteiger partial charge < -0.3 is 24.3 Å². The molecular weight excluding hydrogens is 308 g/mol. The first-order chi connectivity index (χ1) is 11.8. The van der Waals surface area contributed by atoms with Gasteiger partial charge in [0.25, 0.3) is 0 Å². The van der Waals surface area contributed by atoms with Crippen molar-refractivity contribution in [3.05, 3.63) is 12.2 Å². The monoisotopic (exact) mass is 338 g/mol. The second kappa shape index (κ2) is 10.2. The lowest BCUT2D eigenvalue weighted by molar-refractivity contribution is 0.0536. The molecule has 0 aromatic carbocycles. The van der Waals surface area contributed by atoms with E-state index in [1.807, 2.05) is 7.05 Å². The number of methoxy groups -OCH3 is 1. The summed E-state index contributed by atoms with van der Waals surface area (Å²) in [4.78, 5) is 6.71. The van der Waals surface area contributed by atoms with Gasteiger partial charge in [-0.15, -0.1) is 10.2 Å². The lowest BCUT2D eigenvalue weighted by atomic mass is 10.1. The molecule has 1 aliphatic heterocycles. The highest BCUT2D eigenvalue weighted by atomic mass is 16.5. The molecule has 1 fully saturated rings. The number of nitrogens with zero attached hydrogens (tertiary/aromatic N) is 5. The van der Waals surface area contributed by atoms with Crippen LogP contribution in [0.5, 0.6) is 0 Å². The number of nitrogens with one attached hydrogen (secondary N) is 1. The number of hydrogen-bond acceptors (Lipinski definition) is 5. The first-order valence-corrected chi connectivity index (χ1v) is 8.67. The van der Waals surface area contributed by atoms with Crippen molar-refractivity contribution < 1.29 is 9.47 Å². The maximum absolute atomic E-state index is 5.65. The van der Waals surface area contributed by atoms with Crippen LogP contribution in [0.3, 0.4) is 0 Å². The van der Waals surface area contributed by atoms with Gasteiger partial charge in [-0.05, 0) is 6.42 Å². The Balaban J connectivity index is 1.70. The molecule has 136 valence electrons. The zero-order chi connectivity index (χ0) is 17.2. The molecule has 0 bridgehead atoms. The zero-order valence-electron chi connectivity index (χ0n) is 15.1. The number of rotatable bonds is 9. The van der Waals surface area contributed by atoms with Crippen LogP contribution in [0.2, 0.25) is 0 Å². The highest BCUT2D eigenvalue weighted by molar-refractivity contribution is 5.80. The molecule has 1 atom stereocenters. The first-order valence-electron chi connectivity index (χ1n) is 8.67. The molecule has 8 heteroatoms. The van der Waals surface area contributed by atoms with Crippen molar-refractivity contribution in [2.75, 3.05) is 53.6 Å². The predicted octanol–water partition coefficient (Wildman–Crippen LogP) is 0.401. The first kappa shape index (κ1) is 18.7. The van der Waals surface area contributed by atoms with Crippen LogP contribution in [0.25, 0.3) is 0 Å². The summed E-state index contributed by atoms with van der Waals surface area (Å²) in [5.41, 5.74) is 0. The number of aliphatic imine (C=N–C) groups is 1. The van der Waals surface area contributed by atoms with Crippen molar-refractivity contribution in [2.45, 2.75) is 26.3 Å². The van der Waals surface area contributed by atoms with E-state index in [1.165, 1.54) is 0 Å². The van der Waals surface area contributed by atoms with Crippen LogP contribution in [0.1, 0.15) is 19.2 Å². The summed E-state index contributed by atoms with van der Waals surface area (Å²) in [6.45, 7) is 7.85. The topological polar surface area (TPSA) is 76.8 Å². The molecule has 0 aliphatic carbocycles. The Labute approximate surface area is 144 Å². The molecule has 1 aliphatic rings. The molecule has 1 unspecified atom stereocenters. The van der Waals surface area contributed by atoms with E-state index >= 15 is 0 Å². The molecule has 2 heterocycles. The molecule has 1 N–H and O–H groups in total. The fraction of sp³-hybridized carbons (Fsp3) is 0.812. The molecule has 1 aromatic heterocycles. The SMILES string of the molecule is CCc1nncn1CCNC(=NC)N1CCC(COCCOC)C1. The maximum atomic E-state index is 5.65. The third-order valence-corrected chi connectivity index (χ3v) is 4.23. The maximum Gasteiger partial charge on any atom is 0.193 e. The second-order valence-corrected chi connectivity index (χ2v) is 5.94. The number of aryl methyl sites for hydroxylation is 1.